The zero-order chi connectivity index (χ0) is 11.0. The van der Waals surface area contributed by atoms with Gasteiger partial charge in [0.05, 0.1) is 5.69 Å². The van der Waals surface area contributed by atoms with Crippen molar-refractivity contribution in [3.8, 4) is 11.3 Å². The van der Waals surface area contributed by atoms with Gasteiger partial charge in [-0.05, 0) is 6.42 Å². The molecule has 5 nitrogen and oxygen atoms in total. The van der Waals surface area contributed by atoms with Crippen LogP contribution >= 0.6 is 0 Å². The second-order valence-corrected chi connectivity index (χ2v) is 3.31. The van der Waals surface area contributed by atoms with Crippen LogP contribution in [0.1, 0.15) is 12.6 Å². The predicted octanol–water partition coefficient (Wildman–Crippen LogP) is 1.09. The van der Waals surface area contributed by atoms with Gasteiger partial charge >= 0.3 is 0 Å². The third-order valence-corrected chi connectivity index (χ3v) is 2.24. The summed E-state index contributed by atoms with van der Waals surface area (Å²) in [5, 5.41) is 10.4. The van der Waals surface area contributed by atoms with Crippen LogP contribution in [0.3, 0.4) is 0 Å². The molecule has 0 radical (unpaired) electrons. The maximum atomic E-state index is 13.5. The van der Waals surface area contributed by atoms with Gasteiger partial charge in [0.2, 0.25) is 0 Å². The van der Waals surface area contributed by atoms with Gasteiger partial charge in [0.15, 0.2) is 11.6 Å². The fourth-order valence-electron chi connectivity index (χ4n) is 1.53. The average Bonchev–Trinajstić information content (AvgIpc) is 2.72. The summed E-state index contributed by atoms with van der Waals surface area (Å²) < 4.78 is 15.2. The van der Waals surface area contributed by atoms with Crippen LogP contribution in [0, 0.1) is 5.82 Å². The molecule has 0 aliphatic carbocycles. The Morgan fingerprint density at radius 2 is 2.33 bits per heavy atom. The summed E-state index contributed by atoms with van der Waals surface area (Å²) in [6.07, 6.45) is 2.48. The molecule has 0 unspecified atom stereocenters. The van der Waals surface area contributed by atoms with Crippen LogP contribution in [0.5, 0.6) is 0 Å². The minimum absolute atomic E-state index is 0.115. The van der Waals surface area contributed by atoms with E-state index in [9.17, 15) is 4.39 Å². The first-order valence-corrected chi connectivity index (χ1v) is 4.65. The van der Waals surface area contributed by atoms with Gasteiger partial charge < -0.3 is 5.73 Å². The highest BCUT2D eigenvalue weighted by molar-refractivity contribution is 5.64. The Morgan fingerprint density at radius 1 is 1.60 bits per heavy atom. The molecule has 0 spiro atoms. The Bertz CT molecular complexity index is 485. The van der Waals surface area contributed by atoms with Crippen LogP contribution in [-0.4, -0.2) is 20.0 Å². The summed E-state index contributed by atoms with van der Waals surface area (Å²) in [6.45, 7) is 1.96. The van der Waals surface area contributed by atoms with Crippen LogP contribution in [0.25, 0.3) is 11.3 Å². The van der Waals surface area contributed by atoms with E-state index in [4.69, 9.17) is 5.73 Å². The molecule has 0 saturated heterocycles. The number of halogens is 1. The van der Waals surface area contributed by atoms with Crippen LogP contribution in [0.4, 0.5) is 10.2 Å². The highest BCUT2D eigenvalue weighted by atomic mass is 19.1. The fourth-order valence-corrected chi connectivity index (χ4v) is 1.53. The minimum atomic E-state index is -0.516. The summed E-state index contributed by atoms with van der Waals surface area (Å²) in [4.78, 5) is 0. The molecule has 0 saturated carbocycles. The molecule has 2 rings (SSSR count). The molecule has 2 aromatic heterocycles. The van der Waals surface area contributed by atoms with Gasteiger partial charge in [-0.2, -0.15) is 10.2 Å². The molecule has 0 atom stereocenters. The molecule has 3 N–H and O–H groups in total. The number of aromatic nitrogens is 4. The third kappa shape index (κ3) is 1.47. The van der Waals surface area contributed by atoms with Gasteiger partial charge in [0, 0.05) is 18.8 Å². The quantitative estimate of drug-likeness (QED) is 0.777. The molecule has 6 heteroatoms. The molecule has 80 valence electrons. The maximum absolute atomic E-state index is 13.5. The molecule has 2 aromatic rings. The lowest BCUT2D eigenvalue weighted by atomic mass is 10.1. The van der Waals surface area contributed by atoms with Crippen molar-refractivity contribution in [1.29, 1.82) is 0 Å². The van der Waals surface area contributed by atoms with E-state index in [1.54, 1.807) is 17.9 Å². The SMILES string of the molecule is CCc1nn(C)cc1-c1[nH]nc(N)c1F. The minimum Gasteiger partial charge on any atom is -0.380 e. The van der Waals surface area contributed by atoms with Gasteiger partial charge in [-0.3, -0.25) is 9.78 Å². The molecular weight excluding hydrogens is 197 g/mol. The molecule has 15 heavy (non-hydrogen) atoms. The lowest BCUT2D eigenvalue weighted by Gasteiger charge is -1.95. The number of H-pyrrole nitrogens is 1. The zero-order valence-corrected chi connectivity index (χ0v) is 8.58. The Labute approximate surface area is 86.1 Å². The molecule has 0 fully saturated rings. The predicted molar refractivity (Wildman–Crippen MR) is 54.5 cm³/mol. The number of nitrogens with one attached hydrogen (secondary N) is 1. The van der Waals surface area contributed by atoms with Crippen molar-refractivity contribution in [2.75, 3.05) is 5.73 Å². The molecule has 0 bridgehead atoms. The van der Waals surface area contributed by atoms with Crippen LogP contribution < -0.4 is 5.73 Å². The highest BCUT2D eigenvalue weighted by Gasteiger charge is 2.17. The van der Waals surface area contributed by atoms with Crippen molar-refractivity contribution in [3.63, 3.8) is 0 Å². The molecular formula is C9H12FN5. The maximum Gasteiger partial charge on any atom is 0.192 e. The number of aryl methyl sites for hydroxylation is 2. The highest BCUT2D eigenvalue weighted by Crippen LogP contribution is 2.26. The van der Waals surface area contributed by atoms with Crippen LogP contribution in [-0.2, 0) is 13.5 Å². The Hall–Kier alpha value is -1.85. The fraction of sp³-hybridized carbons (Fsp3) is 0.333. The van der Waals surface area contributed by atoms with E-state index in [1.807, 2.05) is 6.92 Å². The van der Waals surface area contributed by atoms with Crippen molar-refractivity contribution in [2.45, 2.75) is 13.3 Å². The van der Waals surface area contributed by atoms with Gasteiger partial charge in [0.25, 0.3) is 0 Å². The normalized spacial score (nSPS) is 10.9. The standard InChI is InChI=1S/C9H12FN5/c1-3-6-5(4-15(2)14-6)8-7(10)9(11)13-12-8/h4H,3H2,1-2H3,(H3,11,12,13). The first-order valence-electron chi connectivity index (χ1n) is 4.65. The number of aromatic amines is 1. The van der Waals surface area contributed by atoms with E-state index in [-0.39, 0.29) is 5.82 Å². The van der Waals surface area contributed by atoms with Crippen molar-refractivity contribution in [2.24, 2.45) is 7.05 Å². The summed E-state index contributed by atoms with van der Waals surface area (Å²) in [5.74, 6) is -0.631. The Morgan fingerprint density at radius 3 is 2.87 bits per heavy atom. The van der Waals surface area contributed by atoms with Crippen LogP contribution in [0.15, 0.2) is 6.20 Å². The average molecular weight is 209 g/mol. The van der Waals surface area contributed by atoms with E-state index < -0.39 is 5.82 Å². The lowest BCUT2D eigenvalue weighted by molar-refractivity contribution is 0.636. The van der Waals surface area contributed by atoms with Crippen molar-refractivity contribution >= 4 is 5.82 Å². The van der Waals surface area contributed by atoms with E-state index >= 15 is 0 Å². The smallest absolute Gasteiger partial charge is 0.192 e. The third-order valence-electron chi connectivity index (χ3n) is 2.24. The number of hydrogen-bond acceptors (Lipinski definition) is 3. The number of nitrogens with two attached hydrogens (primary N) is 1. The summed E-state index contributed by atoms with van der Waals surface area (Å²) in [7, 11) is 1.79. The van der Waals surface area contributed by atoms with Gasteiger partial charge in [0.1, 0.15) is 5.69 Å². The van der Waals surface area contributed by atoms with E-state index in [0.29, 0.717) is 11.3 Å². The molecule has 0 aliphatic rings. The van der Waals surface area contributed by atoms with Crippen molar-refractivity contribution < 1.29 is 4.39 Å². The second-order valence-electron chi connectivity index (χ2n) is 3.31. The van der Waals surface area contributed by atoms with Gasteiger partial charge in [-0.25, -0.2) is 4.39 Å². The number of anilines is 1. The number of rotatable bonds is 2. The van der Waals surface area contributed by atoms with Gasteiger partial charge in [-0.15, -0.1) is 0 Å². The molecule has 0 aromatic carbocycles. The van der Waals surface area contributed by atoms with Crippen molar-refractivity contribution in [3.05, 3.63) is 17.7 Å². The Balaban J connectivity index is 2.57. The summed E-state index contributed by atoms with van der Waals surface area (Å²) >= 11 is 0. The number of hydrogen-bond donors (Lipinski definition) is 2. The lowest BCUT2D eigenvalue weighted by Crippen LogP contribution is -1.90. The monoisotopic (exact) mass is 209 g/mol. The summed E-state index contributed by atoms with van der Waals surface area (Å²) in [6, 6.07) is 0. The largest absolute Gasteiger partial charge is 0.380 e. The summed E-state index contributed by atoms with van der Waals surface area (Å²) in [5.41, 5.74) is 7.16. The number of nitrogens with zero attached hydrogens (tertiary/aromatic N) is 3. The van der Waals surface area contributed by atoms with E-state index in [2.05, 4.69) is 15.3 Å². The molecule has 0 amide bonds. The van der Waals surface area contributed by atoms with E-state index in [1.165, 1.54) is 0 Å². The second kappa shape index (κ2) is 3.38. The first-order chi connectivity index (χ1) is 7.13. The Kier molecular flexibility index (Phi) is 2.18. The number of nitrogen functional groups attached to an aromatic ring is 1. The molecule has 2 heterocycles. The van der Waals surface area contributed by atoms with E-state index in [0.717, 1.165) is 12.1 Å². The van der Waals surface area contributed by atoms with Crippen LogP contribution in [0.2, 0.25) is 0 Å². The topological polar surface area (TPSA) is 72.5 Å². The van der Waals surface area contributed by atoms with Crippen molar-refractivity contribution in [1.82, 2.24) is 20.0 Å². The zero-order valence-electron chi connectivity index (χ0n) is 8.58. The molecule has 0 aliphatic heterocycles. The van der Waals surface area contributed by atoms with Gasteiger partial charge in [-0.1, -0.05) is 6.92 Å². The first kappa shape index (κ1) is 9.70.